The molecule has 0 bridgehead atoms. The summed E-state index contributed by atoms with van der Waals surface area (Å²) in [5, 5.41) is 14.3. The summed E-state index contributed by atoms with van der Waals surface area (Å²) in [4.78, 5) is 15.3. The van der Waals surface area contributed by atoms with Crippen molar-refractivity contribution in [3.05, 3.63) is 51.2 Å². The van der Waals surface area contributed by atoms with Gasteiger partial charge in [0, 0.05) is 33.8 Å². The van der Waals surface area contributed by atoms with Crippen LogP contribution in [-0.2, 0) is 6.42 Å². The third-order valence-corrected chi connectivity index (χ3v) is 7.40. The Labute approximate surface area is 189 Å². The fourth-order valence-corrected chi connectivity index (χ4v) is 5.68. The molecule has 4 nitrogen and oxygen atoms in total. The molecule has 0 aliphatic heterocycles. The number of hydrogen-bond acceptors (Lipinski definition) is 5. The first kappa shape index (κ1) is 23.3. The SMILES string of the molecule is Cc1cc2c(s1)CCC(CN[C@@H]1CC[C@@H](Oc3ccccc3C(C)C)[C@@H]1O)C2=O.Cl. The molecule has 2 aliphatic carbocycles. The molecule has 2 aliphatic rings. The van der Waals surface area contributed by atoms with Gasteiger partial charge in [-0.25, -0.2) is 0 Å². The van der Waals surface area contributed by atoms with Crippen LogP contribution in [0.25, 0.3) is 0 Å². The summed E-state index contributed by atoms with van der Waals surface area (Å²) in [5.41, 5.74) is 2.09. The molecule has 4 atom stereocenters. The van der Waals surface area contributed by atoms with Crippen molar-refractivity contribution in [1.29, 1.82) is 0 Å². The van der Waals surface area contributed by atoms with Gasteiger partial charge < -0.3 is 15.2 Å². The molecule has 30 heavy (non-hydrogen) atoms. The maximum absolute atomic E-state index is 12.8. The van der Waals surface area contributed by atoms with Crippen molar-refractivity contribution in [3.63, 3.8) is 0 Å². The second-order valence-electron chi connectivity index (χ2n) is 8.73. The molecule has 1 unspecified atom stereocenters. The molecule has 6 heteroatoms. The molecule has 2 aromatic rings. The number of ether oxygens (including phenoxy) is 1. The van der Waals surface area contributed by atoms with Gasteiger partial charge in [-0.15, -0.1) is 23.7 Å². The number of aliphatic hydroxyl groups is 1. The molecule has 2 N–H and O–H groups in total. The maximum Gasteiger partial charge on any atom is 0.168 e. The summed E-state index contributed by atoms with van der Waals surface area (Å²) in [6.07, 6.45) is 2.78. The molecule has 4 rings (SSSR count). The van der Waals surface area contributed by atoms with Crippen molar-refractivity contribution in [2.24, 2.45) is 5.92 Å². The van der Waals surface area contributed by atoms with Crippen molar-refractivity contribution in [2.45, 2.75) is 70.6 Å². The van der Waals surface area contributed by atoms with Gasteiger partial charge in [-0.1, -0.05) is 32.0 Å². The Balaban J connectivity index is 0.00000256. The van der Waals surface area contributed by atoms with Crippen LogP contribution >= 0.6 is 23.7 Å². The number of aryl methyl sites for hydroxylation is 2. The van der Waals surface area contributed by atoms with Gasteiger partial charge in [-0.3, -0.25) is 4.79 Å². The predicted molar refractivity (Wildman–Crippen MR) is 124 cm³/mol. The number of fused-ring (bicyclic) bond motifs is 1. The van der Waals surface area contributed by atoms with E-state index in [4.69, 9.17) is 4.74 Å². The zero-order valence-electron chi connectivity index (χ0n) is 17.9. The average Bonchev–Trinajstić information content (AvgIpc) is 3.25. The Kier molecular flexibility index (Phi) is 7.61. The largest absolute Gasteiger partial charge is 0.487 e. The van der Waals surface area contributed by atoms with E-state index in [0.29, 0.717) is 12.5 Å². The molecule has 0 radical (unpaired) electrons. The molecule has 0 saturated heterocycles. The standard InChI is InChI=1S/C24H31NO3S.ClH/c1-14(2)17-6-4-5-7-20(17)28-21-10-9-19(24(21)27)25-13-16-8-11-22-18(23(16)26)12-15(3)29-22;/h4-7,12,14,16,19,21,24-25,27H,8-11,13H2,1-3H3;1H/t16?,19-,21-,24-;/m1./s1. The molecule has 0 amide bonds. The minimum Gasteiger partial charge on any atom is -0.487 e. The van der Waals surface area contributed by atoms with Crippen LogP contribution in [0.2, 0.25) is 0 Å². The molecule has 1 saturated carbocycles. The van der Waals surface area contributed by atoms with Gasteiger partial charge in [-0.2, -0.15) is 0 Å². The van der Waals surface area contributed by atoms with Gasteiger partial charge in [0.05, 0.1) is 0 Å². The van der Waals surface area contributed by atoms with Crippen molar-refractivity contribution >= 4 is 29.5 Å². The highest BCUT2D eigenvalue weighted by Crippen LogP contribution is 2.33. The van der Waals surface area contributed by atoms with Crippen LogP contribution in [0.5, 0.6) is 5.75 Å². The molecule has 1 aromatic carbocycles. The van der Waals surface area contributed by atoms with Crippen molar-refractivity contribution in [2.75, 3.05) is 6.54 Å². The number of nitrogens with one attached hydrogen (secondary N) is 1. The van der Waals surface area contributed by atoms with E-state index in [2.05, 4.69) is 32.2 Å². The Morgan fingerprint density at radius 1 is 1.23 bits per heavy atom. The third-order valence-electron chi connectivity index (χ3n) is 6.29. The van der Waals surface area contributed by atoms with Crippen molar-refractivity contribution < 1.29 is 14.6 Å². The van der Waals surface area contributed by atoms with Gasteiger partial charge >= 0.3 is 0 Å². The minimum atomic E-state index is -0.562. The minimum absolute atomic E-state index is 0. The number of rotatable bonds is 6. The molecule has 1 heterocycles. The number of thiophene rings is 1. The van der Waals surface area contributed by atoms with Gasteiger partial charge in [-0.05, 0) is 56.2 Å². The van der Waals surface area contributed by atoms with Gasteiger partial charge in [0.2, 0.25) is 0 Å². The van der Waals surface area contributed by atoms with Crippen molar-refractivity contribution in [3.8, 4) is 5.75 Å². The highest BCUT2D eigenvalue weighted by Gasteiger charge is 2.37. The molecular weight excluding hydrogens is 418 g/mol. The van der Waals surface area contributed by atoms with Gasteiger partial charge in [0.15, 0.2) is 5.78 Å². The summed E-state index contributed by atoms with van der Waals surface area (Å²) in [6.45, 7) is 7.00. The van der Waals surface area contributed by atoms with Crippen LogP contribution in [-0.4, -0.2) is 35.7 Å². The Hall–Kier alpha value is -1.40. The number of para-hydroxylation sites is 1. The third kappa shape index (κ3) is 4.75. The van der Waals surface area contributed by atoms with E-state index in [0.717, 1.165) is 37.0 Å². The summed E-state index contributed by atoms with van der Waals surface area (Å²) in [6, 6.07) is 10.1. The maximum atomic E-state index is 12.8. The van der Waals surface area contributed by atoms with E-state index in [-0.39, 0.29) is 36.3 Å². The van der Waals surface area contributed by atoms with Gasteiger partial charge in [0.25, 0.3) is 0 Å². The topological polar surface area (TPSA) is 58.6 Å². The molecule has 164 valence electrons. The second-order valence-corrected chi connectivity index (χ2v) is 10.1. The highest BCUT2D eigenvalue weighted by atomic mass is 35.5. The number of aliphatic hydroxyl groups excluding tert-OH is 1. The molecule has 0 spiro atoms. The average molecular weight is 450 g/mol. The van der Waals surface area contributed by atoms with Crippen LogP contribution in [0, 0.1) is 12.8 Å². The van der Waals surface area contributed by atoms with Crippen LogP contribution in [0.4, 0.5) is 0 Å². The lowest BCUT2D eigenvalue weighted by molar-refractivity contribution is 0.0435. The zero-order valence-corrected chi connectivity index (χ0v) is 19.5. The first-order valence-corrected chi connectivity index (χ1v) is 11.6. The lowest BCUT2D eigenvalue weighted by Gasteiger charge is -2.26. The first-order valence-electron chi connectivity index (χ1n) is 10.7. The fourth-order valence-electron chi connectivity index (χ4n) is 4.63. The van der Waals surface area contributed by atoms with Crippen LogP contribution in [0.1, 0.15) is 64.7 Å². The van der Waals surface area contributed by atoms with Gasteiger partial charge in [0.1, 0.15) is 18.0 Å². The smallest absolute Gasteiger partial charge is 0.168 e. The number of carbonyl (C=O) groups is 1. The van der Waals surface area contributed by atoms with E-state index < -0.39 is 6.10 Å². The monoisotopic (exact) mass is 449 g/mol. The number of Topliss-reactive ketones (excluding diaryl/α,β-unsaturated/α-hetero) is 1. The van der Waals surface area contributed by atoms with E-state index in [1.807, 2.05) is 24.3 Å². The fraction of sp³-hybridized carbons (Fsp3) is 0.542. The van der Waals surface area contributed by atoms with E-state index in [1.54, 1.807) is 11.3 Å². The Morgan fingerprint density at radius 2 is 2.00 bits per heavy atom. The van der Waals surface area contributed by atoms with E-state index in [1.165, 1.54) is 15.3 Å². The van der Waals surface area contributed by atoms with Crippen LogP contribution < -0.4 is 10.1 Å². The second kappa shape index (κ2) is 9.82. The Bertz CT molecular complexity index is 881. The van der Waals surface area contributed by atoms with Crippen LogP contribution in [0.15, 0.2) is 30.3 Å². The number of carbonyl (C=O) groups excluding carboxylic acids is 1. The lowest BCUT2D eigenvalue weighted by atomic mass is 9.87. The summed E-state index contributed by atoms with van der Waals surface area (Å²) in [5.74, 6) is 1.51. The van der Waals surface area contributed by atoms with Crippen molar-refractivity contribution in [1.82, 2.24) is 5.32 Å². The molecule has 1 aromatic heterocycles. The van der Waals surface area contributed by atoms with Crippen LogP contribution in [0.3, 0.4) is 0 Å². The molecule has 1 fully saturated rings. The summed E-state index contributed by atoms with van der Waals surface area (Å²) in [7, 11) is 0. The number of benzene rings is 1. The summed E-state index contributed by atoms with van der Waals surface area (Å²) >= 11 is 1.75. The highest BCUT2D eigenvalue weighted by molar-refractivity contribution is 7.12. The number of hydrogen-bond donors (Lipinski definition) is 2. The Morgan fingerprint density at radius 3 is 2.77 bits per heavy atom. The van der Waals surface area contributed by atoms with E-state index >= 15 is 0 Å². The predicted octanol–water partition coefficient (Wildman–Crippen LogP) is 4.91. The normalized spacial score (nSPS) is 25.8. The lowest BCUT2D eigenvalue weighted by Crippen LogP contribution is -2.44. The number of ketones is 1. The summed E-state index contributed by atoms with van der Waals surface area (Å²) < 4.78 is 6.22. The van der Waals surface area contributed by atoms with E-state index in [9.17, 15) is 9.90 Å². The first-order chi connectivity index (χ1) is 13.9. The quantitative estimate of drug-likeness (QED) is 0.658. The molecular formula is C24H32ClNO3S. The number of halogens is 1. The zero-order chi connectivity index (χ0) is 20.5.